The maximum atomic E-state index is 12.5. The highest BCUT2D eigenvalue weighted by Crippen LogP contribution is 2.21. The topological polar surface area (TPSA) is 89.1 Å². The molecule has 124 valence electrons. The lowest BCUT2D eigenvalue weighted by Crippen LogP contribution is -2.51. The first-order chi connectivity index (χ1) is 11.1. The molecule has 2 atom stereocenters. The van der Waals surface area contributed by atoms with E-state index in [4.69, 9.17) is 4.52 Å². The number of aromatic nitrogens is 4. The van der Waals surface area contributed by atoms with Crippen LogP contribution in [0.4, 0.5) is 5.82 Å². The maximum Gasteiger partial charge on any atom is 0.242 e. The molecule has 1 fully saturated rings. The molecule has 1 aliphatic heterocycles. The third-order valence-electron chi connectivity index (χ3n) is 4.29. The number of piperidine rings is 1. The predicted molar refractivity (Wildman–Crippen MR) is 83.7 cm³/mol. The van der Waals surface area contributed by atoms with E-state index in [2.05, 4.69) is 25.5 Å². The normalized spacial score (nSPS) is 20.3. The summed E-state index contributed by atoms with van der Waals surface area (Å²) in [5.74, 6) is 1.07. The molecule has 3 rings (SSSR count). The van der Waals surface area contributed by atoms with Crippen LogP contribution < -0.4 is 5.32 Å². The molecule has 1 aliphatic rings. The first-order valence-electron chi connectivity index (χ1n) is 7.96. The minimum Gasteiger partial charge on any atom is -0.360 e. The van der Waals surface area contributed by atoms with Crippen LogP contribution in [0.2, 0.25) is 0 Å². The second-order valence-electron chi connectivity index (χ2n) is 5.99. The van der Waals surface area contributed by atoms with Crippen molar-refractivity contribution < 1.29 is 9.32 Å². The van der Waals surface area contributed by atoms with Crippen LogP contribution in [0.15, 0.2) is 23.2 Å². The van der Waals surface area contributed by atoms with E-state index >= 15 is 0 Å². The smallest absolute Gasteiger partial charge is 0.242 e. The molecule has 0 aliphatic carbocycles. The van der Waals surface area contributed by atoms with Crippen molar-refractivity contribution in [1.82, 2.24) is 24.8 Å². The molecule has 23 heavy (non-hydrogen) atoms. The van der Waals surface area contributed by atoms with Gasteiger partial charge in [0.25, 0.3) is 0 Å². The fraction of sp³-hybridized carbons (Fsp3) is 0.600. The summed E-state index contributed by atoms with van der Waals surface area (Å²) in [6.45, 7) is 5.39. The molecule has 0 radical (unpaired) electrons. The van der Waals surface area contributed by atoms with Crippen LogP contribution in [0.5, 0.6) is 0 Å². The number of aryl methyl sites for hydroxylation is 1. The first-order valence-corrected chi connectivity index (χ1v) is 7.96. The summed E-state index contributed by atoms with van der Waals surface area (Å²) in [5.41, 5.74) is 0. The van der Waals surface area contributed by atoms with E-state index in [0.29, 0.717) is 11.6 Å². The van der Waals surface area contributed by atoms with Gasteiger partial charge >= 0.3 is 0 Å². The SMILES string of the molecule is Cc1cc(NC(=O)C(C)N2CCCCC2Cn2cncn2)no1. The molecular weight excluding hydrogens is 296 g/mol. The van der Waals surface area contributed by atoms with Crippen molar-refractivity contribution in [3.8, 4) is 0 Å². The quantitative estimate of drug-likeness (QED) is 0.897. The van der Waals surface area contributed by atoms with Crippen LogP contribution >= 0.6 is 0 Å². The third kappa shape index (κ3) is 3.76. The van der Waals surface area contributed by atoms with Crippen LogP contribution in [0, 0.1) is 6.92 Å². The number of amides is 1. The largest absolute Gasteiger partial charge is 0.360 e. The zero-order valence-corrected chi connectivity index (χ0v) is 13.5. The Morgan fingerprint density at radius 3 is 3.09 bits per heavy atom. The van der Waals surface area contributed by atoms with E-state index in [0.717, 1.165) is 25.9 Å². The molecule has 0 aromatic carbocycles. The minimum atomic E-state index is -0.235. The fourth-order valence-corrected chi connectivity index (χ4v) is 3.08. The number of hydrogen-bond donors (Lipinski definition) is 1. The number of likely N-dealkylation sites (tertiary alicyclic amines) is 1. The van der Waals surface area contributed by atoms with Crippen LogP contribution in [-0.4, -0.2) is 49.4 Å². The average Bonchev–Trinajstić information content (AvgIpc) is 3.19. The number of nitrogens with zero attached hydrogens (tertiary/aromatic N) is 5. The Balaban J connectivity index is 1.65. The van der Waals surface area contributed by atoms with Gasteiger partial charge in [0.05, 0.1) is 12.6 Å². The molecule has 1 amide bonds. The predicted octanol–water partition coefficient (Wildman–Crippen LogP) is 1.46. The zero-order chi connectivity index (χ0) is 16.2. The van der Waals surface area contributed by atoms with E-state index in [1.165, 1.54) is 12.7 Å². The van der Waals surface area contributed by atoms with Gasteiger partial charge in [0.15, 0.2) is 5.82 Å². The van der Waals surface area contributed by atoms with Crippen LogP contribution in [-0.2, 0) is 11.3 Å². The van der Waals surface area contributed by atoms with Gasteiger partial charge in [-0.3, -0.25) is 14.4 Å². The van der Waals surface area contributed by atoms with Crippen LogP contribution in [0.1, 0.15) is 31.9 Å². The molecule has 8 heteroatoms. The molecule has 8 nitrogen and oxygen atoms in total. The summed E-state index contributed by atoms with van der Waals surface area (Å²) in [6.07, 6.45) is 6.59. The minimum absolute atomic E-state index is 0.0659. The van der Waals surface area contributed by atoms with Gasteiger partial charge in [0, 0.05) is 12.1 Å². The van der Waals surface area contributed by atoms with E-state index in [1.807, 2.05) is 11.6 Å². The number of hydrogen-bond acceptors (Lipinski definition) is 6. The van der Waals surface area contributed by atoms with E-state index < -0.39 is 0 Å². The summed E-state index contributed by atoms with van der Waals surface area (Å²) in [6, 6.07) is 1.76. The third-order valence-corrected chi connectivity index (χ3v) is 4.29. The molecule has 0 bridgehead atoms. The van der Waals surface area contributed by atoms with Crippen molar-refractivity contribution in [2.75, 3.05) is 11.9 Å². The lowest BCUT2D eigenvalue weighted by Gasteiger charge is -2.38. The van der Waals surface area contributed by atoms with Crippen LogP contribution in [0.25, 0.3) is 0 Å². The van der Waals surface area contributed by atoms with Gasteiger partial charge in [-0.15, -0.1) is 0 Å². The van der Waals surface area contributed by atoms with Gasteiger partial charge in [0.1, 0.15) is 18.4 Å². The van der Waals surface area contributed by atoms with Crippen molar-refractivity contribution in [2.24, 2.45) is 0 Å². The Labute approximate surface area is 134 Å². The molecule has 1 saturated heterocycles. The Hall–Kier alpha value is -2.22. The molecular formula is C15H22N6O2. The molecule has 3 heterocycles. The number of nitrogens with one attached hydrogen (secondary N) is 1. The second-order valence-corrected chi connectivity index (χ2v) is 5.99. The van der Waals surface area contributed by atoms with Gasteiger partial charge in [-0.2, -0.15) is 5.10 Å². The molecule has 2 aromatic rings. The average molecular weight is 318 g/mol. The highest BCUT2D eigenvalue weighted by Gasteiger charge is 2.31. The van der Waals surface area contributed by atoms with E-state index in [-0.39, 0.29) is 18.0 Å². The molecule has 0 spiro atoms. The first kappa shape index (κ1) is 15.7. The standard InChI is InChI=1S/C15H22N6O2/c1-11-7-14(19-23-11)18-15(22)12(2)21-6-4-3-5-13(21)8-20-10-16-9-17-20/h7,9-10,12-13H,3-6,8H2,1-2H3,(H,18,19,22). The van der Waals surface area contributed by atoms with Crippen molar-refractivity contribution in [3.05, 3.63) is 24.5 Å². The number of carbonyl (C=O) groups excluding carboxylic acids is 1. The lowest BCUT2D eigenvalue weighted by molar-refractivity contribution is -0.122. The summed E-state index contributed by atoms with van der Waals surface area (Å²) in [5, 5.41) is 10.8. The fourth-order valence-electron chi connectivity index (χ4n) is 3.08. The van der Waals surface area contributed by atoms with Crippen molar-refractivity contribution in [1.29, 1.82) is 0 Å². The Bertz CT molecular complexity index is 638. The molecule has 0 saturated carbocycles. The van der Waals surface area contributed by atoms with E-state index in [9.17, 15) is 4.79 Å². The Morgan fingerprint density at radius 1 is 1.52 bits per heavy atom. The molecule has 2 aromatic heterocycles. The number of anilines is 1. The second kappa shape index (κ2) is 6.91. The van der Waals surface area contributed by atoms with Crippen molar-refractivity contribution >= 4 is 11.7 Å². The number of carbonyl (C=O) groups is 1. The van der Waals surface area contributed by atoms with Gasteiger partial charge in [-0.1, -0.05) is 11.6 Å². The highest BCUT2D eigenvalue weighted by atomic mass is 16.5. The monoisotopic (exact) mass is 318 g/mol. The molecule has 1 N–H and O–H groups in total. The summed E-state index contributed by atoms with van der Waals surface area (Å²) in [7, 11) is 0. The maximum absolute atomic E-state index is 12.5. The Kier molecular flexibility index (Phi) is 4.71. The summed E-state index contributed by atoms with van der Waals surface area (Å²) in [4.78, 5) is 18.7. The van der Waals surface area contributed by atoms with Gasteiger partial charge < -0.3 is 9.84 Å². The van der Waals surface area contributed by atoms with Gasteiger partial charge in [-0.25, -0.2) is 4.98 Å². The van der Waals surface area contributed by atoms with Crippen molar-refractivity contribution in [2.45, 2.75) is 51.7 Å². The summed E-state index contributed by atoms with van der Waals surface area (Å²) >= 11 is 0. The van der Waals surface area contributed by atoms with E-state index in [1.54, 1.807) is 19.3 Å². The van der Waals surface area contributed by atoms with Crippen molar-refractivity contribution in [3.63, 3.8) is 0 Å². The highest BCUT2D eigenvalue weighted by molar-refractivity contribution is 5.93. The lowest BCUT2D eigenvalue weighted by atomic mass is 9.99. The van der Waals surface area contributed by atoms with Crippen LogP contribution in [0.3, 0.4) is 0 Å². The number of rotatable bonds is 5. The Morgan fingerprint density at radius 2 is 2.39 bits per heavy atom. The molecule has 2 unspecified atom stereocenters. The van der Waals surface area contributed by atoms with Gasteiger partial charge in [-0.05, 0) is 33.2 Å². The summed E-state index contributed by atoms with van der Waals surface area (Å²) < 4.78 is 6.81. The zero-order valence-electron chi connectivity index (χ0n) is 13.5. The van der Waals surface area contributed by atoms with Gasteiger partial charge in [0.2, 0.25) is 5.91 Å².